The summed E-state index contributed by atoms with van der Waals surface area (Å²) in [5, 5.41) is 2.81. The largest absolute Gasteiger partial charge is 0.342 e. The number of nitrogens with one attached hydrogen (secondary N) is 1. The van der Waals surface area contributed by atoms with Crippen LogP contribution in [0.15, 0.2) is 48.5 Å². The summed E-state index contributed by atoms with van der Waals surface area (Å²) in [5.41, 5.74) is 1.22. The van der Waals surface area contributed by atoms with Crippen molar-refractivity contribution in [3.8, 4) is 0 Å². The van der Waals surface area contributed by atoms with Crippen molar-refractivity contribution in [2.75, 3.05) is 18.4 Å². The first-order chi connectivity index (χ1) is 12.0. The molecule has 1 aliphatic rings. The fourth-order valence-electron chi connectivity index (χ4n) is 2.90. The Kier molecular flexibility index (Phi) is 5.34. The predicted octanol–water partition coefficient (Wildman–Crippen LogP) is 3.51. The molecular formula is C19H18ClFN2O2. The Hall–Kier alpha value is -2.40. The smallest absolute Gasteiger partial charge is 0.229 e. The van der Waals surface area contributed by atoms with Crippen LogP contribution in [-0.4, -0.2) is 29.8 Å². The summed E-state index contributed by atoms with van der Waals surface area (Å²) in [5.74, 6) is -1.46. The maximum Gasteiger partial charge on any atom is 0.229 e. The number of likely N-dealkylation sites (tertiary alicyclic amines) is 1. The van der Waals surface area contributed by atoms with Gasteiger partial charge < -0.3 is 10.2 Å². The molecule has 0 aliphatic carbocycles. The fourth-order valence-corrected chi connectivity index (χ4v) is 3.06. The molecule has 2 aromatic carbocycles. The topological polar surface area (TPSA) is 49.4 Å². The Morgan fingerprint density at radius 1 is 1.24 bits per heavy atom. The van der Waals surface area contributed by atoms with Crippen molar-refractivity contribution < 1.29 is 14.0 Å². The summed E-state index contributed by atoms with van der Waals surface area (Å²) >= 11 is 5.70. The number of rotatable bonds is 5. The zero-order valence-electron chi connectivity index (χ0n) is 13.5. The van der Waals surface area contributed by atoms with Crippen molar-refractivity contribution >= 4 is 29.1 Å². The van der Waals surface area contributed by atoms with Crippen LogP contribution in [0.3, 0.4) is 0 Å². The van der Waals surface area contributed by atoms with E-state index in [1.54, 1.807) is 4.90 Å². The molecule has 1 atom stereocenters. The normalized spacial score (nSPS) is 17.0. The van der Waals surface area contributed by atoms with Gasteiger partial charge in [-0.05, 0) is 30.2 Å². The first-order valence-electron chi connectivity index (χ1n) is 8.10. The van der Waals surface area contributed by atoms with E-state index in [2.05, 4.69) is 5.32 Å². The van der Waals surface area contributed by atoms with E-state index in [0.29, 0.717) is 13.1 Å². The molecule has 0 spiro atoms. The molecule has 130 valence electrons. The Labute approximate surface area is 150 Å². The van der Waals surface area contributed by atoms with Gasteiger partial charge in [0.25, 0.3) is 0 Å². The average molecular weight is 361 g/mol. The van der Waals surface area contributed by atoms with Gasteiger partial charge in [0, 0.05) is 24.5 Å². The van der Waals surface area contributed by atoms with Gasteiger partial charge in [-0.1, -0.05) is 41.9 Å². The molecular weight excluding hydrogens is 343 g/mol. The number of nitrogens with zero attached hydrogens (tertiary/aromatic N) is 1. The van der Waals surface area contributed by atoms with Crippen LogP contribution in [0.2, 0.25) is 5.02 Å². The molecule has 25 heavy (non-hydrogen) atoms. The Balaban J connectivity index is 1.57. The SMILES string of the molecule is O=C(Nc1ccc(Cl)cc1F)C1CC(=O)N(CCc2ccccc2)C1. The summed E-state index contributed by atoms with van der Waals surface area (Å²) in [6, 6.07) is 13.9. The standard InChI is InChI=1S/C19H18ClFN2O2/c20-15-6-7-17(16(21)11-15)22-19(25)14-10-18(24)23(12-14)9-8-13-4-2-1-3-5-13/h1-7,11,14H,8-10,12H2,(H,22,25). The number of amides is 2. The second kappa shape index (κ2) is 7.66. The highest BCUT2D eigenvalue weighted by atomic mass is 35.5. The van der Waals surface area contributed by atoms with Crippen molar-refractivity contribution in [3.63, 3.8) is 0 Å². The molecule has 0 aromatic heterocycles. The van der Waals surface area contributed by atoms with E-state index in [4.69, 9.17) is 11.6 Å². The van der Waals surface area contributed by atoms with E-state index in [9.17, 15) is 14.0 Å². The third-order valence-electron chi connectivity index (χ3n) is 4.29. The highest BCUT2D eigenvalue weighted by molar-refractivity contribution is 6.30. The van der Waals surface area contributed by atoms with E-state index >= 15 is 0 Å². The van der Waals surface area contributed by atoms with Gasteiger partial charge >= 0.3 is 0 Å². The van der Waals surface area contributed by atoms with Crippen LogP contribution in [0, 0.1) is 11.7 Å². The Morgan fingerprint density at radius 2 is 2.00 bits per heavy atom. The first kappa shape index (κ1) is 17.4. The number of carbonyl (C=O) groups excluding carboxylic acids is 2. The molecule has 3 rings (SSSR count). The maximum atomic E-state index is 13.8. The summed E-state index contributed by atoms with van der Waals surface area (Å²) in [6.07, 6.45) is 0.891. The van der Waals surface area contributed by atoms with Gasteiger partial charge in [-0.25, -0.2) is 4.39 Å². The van der Waals surface area contributed by atoms with Gasteiger partial charge in [-0.15, -0.1) is 0 Å². The summed E-state index contributed by atoms with van der Waals surface area (Å²) < 4.78 is 13.8. The minimum absolute atomic E-state index is 0.0485. The Morgan fingerprint density at radius 3 is 2.72 bits per heavy atom. The van der Waals surface area contributed by atoms with Crippen LogP contribution in [0.4, 0.5) is 10.1 Å². The Bertz CT molecular complexity index is 782. The maximum absolute atomic E-state index is 13.8. The highest BCUT2D eigenvalue weighted by Gasteiger charge is 2.34. The van der Waals surface area contributed by atoms with E-state index in [-0.39, 0.29) is 28.9 Å². The highest BCUT2D eigenvalue weighted by Crippen LogP contribution is 2.23. The molecule has 1 N–H and O–H groups in total. The molecule has 0 bridgehead atoms. The second-order valence-corrected chi connectivity index (χ2v) is 6.53. The predicted molar refractivity (Wildman–Crippen MR) is 94.9 cm³/mol. The van der Waals surface area contributed by atoms with Gasteiger partial charge in [0.1, 0.15) is 5.82 Å². The van der Waals surface area contributed by atoms with E-state index in [1.807, 2.05) is 30.3 Å². The molecule has 0 saturated carbocycles. The summed E-state index contributed by atoms with van der Waals surface area (Å²) in [4.78, 5) is 26.1. The van der Waals surface area contributed by atoms with Crippen LogP contribution in [0.5, 0.6) is 0 Å². The minimum atomic E-state index is -0.592. The lowest BCUT2D eigenvalue weighted by Crippen LogP contribution is -2.30. The zero-order valence-corrected chi connectivity index (χ0v) is 14.3. The summed E-state index contributed by atoms with van der Waals surface area (Å²) in [6.45, 7) is 0.925. The number of halogens is 2. The quantitative estimate of drug-likeness (QED) is 0.887. The van der Waals surface area contributed by atoms with E-state index in [0.717, 1.165) is 18.1 Å². The van der Waals surface area contributed by atoms with Gasteiger partial charge in [-0.2, -0.15) is 0 Å². The van der Waals surface area contributed by atoms with Gasteiger partial charge in [0.05, 0.1) is 11.6 Å². The lowest BCUT2D eigenvalue weighted by molar-refractivity contribution is -0.128. The van der Waals surface area contributed by atoms with E-state index in [1.165, 1.54) is 12.1 Å². The molecule has 2 aromatic rings. The average Bonchev–Trinajstić information content (AvgIpc) is 2.97. The monoisotopic (exact) mass is 360 g/mol. The third-order valence-corrected chi connectivity index (χ3v) is 4.52. The van der Waals surface area contributed by atoms with Crippen molar-refractivity contribution in [2.45, 2.75) is 12.8 Å². The van der Waals surface area contributed by atoms with Crippen LogP contribution in [0.25, 0.3) is 0 Å². The molecule has 0 radical (unpaired) electrons. The number of anilines is 1. The van der Waals surface area contributed by atoms with Gasteiger partial charge in [0.2, 0.25) is 11.8 Å². The molecule has 1 saturated heterocycles. The molecule has 6 heteroatoms. The van der Waals surface area contributed by atoms with Crippen LogP contribution < -0.4 is 5.32 Å². The second-order valence-electron chi connectivity index (χ2n) is 6.09. The van der Waals surface area contributed by atoms with Crippen LogP contribution in [0.1, 0.15) is 12.0 Å². The third kappa shape index (κ3) is 4.37. The lowest BCUT2D eigenvalue weighted by atomic mass is 10.1. The minimum Gasteiger partial charge on any atom is -0.342 e. The number of carbonyl (C=O) groups is 2. The number of hydrogen-bond donors (Lipinski definition) is 1. The fraction of sp³-hybridized carbons (Fsp3) is 0.263. The van der Waals surface area contributed by atoms with Crippen LogP contribution >= 0.6 is 11.6 Å². The first-order valence-corrected chi connectivity index (χ1v) is 8.48. The molecule has 1 fully saturated rings. The van der Waals surface area contributed by atoms with Crippen LogP contribution in [-0.2, 0) is 16.0 Å². The van der Waals surface area contributed by atoms with Crippen molar-refractivity contribution in [3.05, 3.63) is 64.9 Å². The molecule has 2 amide bonds. The van der Waals surface area contributed by atoms with Crippen molar-refractivity contribution in [1.29, 1.82) is 0 Å². The van der Waals surface area contributed by atoms with Gasteiger partial charge in [0.15, 0.2) is 0 Å². The zero-order chi connectivity index (χ0) is 17.8. The van der Waals surface area contributed by atoms with Crippen molar-refractivity contribution in [1.82, 2.24) is 4.90 Å². The number of benzene rings is 2. The molecule has 1 unspecified atom stereocenters. The molecule has 1 aliphatic heterocycles. The van der Waals surface area contributed by atoms with Gasteiger partial charge in [-0.3, -0.25) is 9.59 Å². The summed E-state index contributed by atoms with van der Waals surface area (Å²) in [7, 11) is 0. The number of hydrogen-bond acceptors (Lipinski definition) is 2. The van der Waals surface area contributed by atoms with E-state index < -0.39 is 11.7 Å². The molecule has 1 heterocycles. The van der Waals surface area contributed by atoms with Crippen molar-refractivity contribution in [2.24, 2.45) is 5.92 Å². The molecule has 4 nitrogen and oxygen atoms in total. The lowest BCUT2D eigenvalue weighted by Gasteiger charge is -2.16.